The molecule has 0 fully saturated rings. The Hall–Kier alpha value is -1.82. The highest BCUT2D eigenvalue weighted by Gasteiger charge is 2.17. The van der Waals surface area contributed by atoms with E-state index in [9.17, 15) is 9.18 Å². The Kier molecular flexibility index (Phi) is 5.57. The van der Waals surface area contributed by atoms with Crippen molar-refractivity contribution in [3.63, 3.8) is 0 Å². The topological polar surface area (TPSA) is 87.7 Å². The number of halogens is 2. The minimum absolute atomic E-state index is 0.00119. The van der Waals surface area contributed by atoms with Gasteiger partial charge in [0.1, 0.15) is 11.7 Å². The van der Waals surface area contributed by atoms with Crippen molar-refractivity contribution in [3.05, 3.63) is 34.6 Å². The number of nitrogens with one attached hydrogen (secondary N) is 1. The van der Waals surface area contributed by atoms with Gasteiger partial charge in [-0.2, -0.15) is 0 Å². The molecule has 5 nitrogen and oxygen atoms in total. The molecule has 1 atom stereocenters. The number of amidine groups is 1. The second kappa shape index (κ2) is 6.94. The normalized spacial score (nSPS) is 13.1. The number of carbonyl (C=O) groups is 1. The molecular weight excluding hydrogens is 273 g/mol. The second-order valence-corrected chi connectivity index (χ2v) is 4.43. The summed E-state index contributed by atoms with van der Waals surface area (Å²) in [4.78, 5) is 11.9. The molecule has 0 aromatic heterocycles. The van der Waals surface area contributed by atoms with Crippen LogP contribution < -0.4 is 11.1 Å². The van der Waals surface area contributed by atoms with Crippen LogP contribution in [0.5, 0.6) is 0 Å². The molecule has 4 N–H and O–H groups in total. The Balaban J connectivity index is 2.80. The number of carbonyl (C=O) groups excluding carboxylic acids is 1. The Morgan fingerprint density at radius 2 is 2.32 bits per heavy atom. The average Bonchev–Trinajstić information content (AvgIpc) is 2.40. The van der Waals surface area contributed by atoms with Crippen LogP contribution in [0.25, 0.3) is 0 Å². The predicted octanol–water partition coefficient (Wildman–Crippen LogP) is 2.12. The van der Waals surface area contributed by atoms with E-state index in [4.69, 9.17) is 22.5 Å². The number of benzene rings is 1. The maximum absolute atomic E-state index is 13.5. The highest BCUT2D eigenvalue weighted by Crippen LogP contribution is 2.15. The van der Waals surface area contributed by atoms with Gasteiger partial charge in [0.25, 0.3) is 5.91 Å². The average molecular weight is 288 g/mol. The lowest BCUT2D eigenvalue weighted by Gasteiger charge is -2.16. The van der Waals surface area contributed by atoms with Gasteiger partial charge in [-0.3, -0.25) is 4.79 Å². The highest BCUT2D eigenvalue weighted by molar-refractivity contribution is 6.31. The molecule has 19 heavy (non-hydrogen) atoms. The zero-order valence-corrected chi connectivity index (χ0v) is 11.1. The summed E-state index contributed by atoms with van der Waals surface area (Å²) in [6.07, 6.45) is 0.741. The summed E-state index contributed by atoms with van der Waals surface area (Å²) in [5.41, 5.74) is 5.24. The van der Waals surface area contributed by atoms with Crippen LogP contribution >= 0.6 is 11.6 Å². The van der Waals surface area contributed by atoms with E-state index in [1.165, 1.54) is 12.1 Å². The lowest BCUT2D eigenvalue weighted by molar-refractivity contribution is 0.0933. The predicted molar refractivity (Wildman–Crippen MR) is 71.0 cm³/mol. The third-order valence-electron chi connectivity index (χ3n) is 2.59. The zero-order valence-electron chi connectivity index (χ0n) is 10.4. The van der Waals surface area contributed by atoms with E-state index in [0.717, 1.165) is 6.07 Å². The first kappa shape index (κ1) is 15.2. The van der Waals surface area contributed by atoms with Crippen molar-refractivity contribution in [1.82, 2.24) is 5.32 Å². The third kappa shape index (κ3) is 4.40. The van der Waals surface area contributed by atoms with E-state index in [1.54, 1.807) is 0 Å². The van der Waals surface area contributed by atoms with E-state index >= 15 is 0 Å². The SMILES string of the molecule is CCC(CC(N)=NO)NC(=O)c1cc(Cl)ccc1F. The van der Waals surface area contributed by atoms with E-state index in [1.807, 2.05) is 6.92 Å². The fourth-order valence-corrected chi connectivity index (χ4v) is 1.70. The summed E-state index contributed by atoms with van der Waals surface area (Å²) in [5.74, 6) is -1.24. The summed E-state index contributed by atoms with van der Waals surface area (Å²) in [7, 11) is 0. The standard InChI is InChI=1S/C12H15ClFN3O2/c1-2-8(6-11(15)17-19)16-12(18)9-5-7(13)3-4-10(9)14/h3-5,8,19H,2,6H2,1H3,(H2,15,17)(H,16,18). The number of nitrogens with zero attached hydrogens (tertiary/aromatic N) is 1. The molecule has 0 heterocycles. The van der Waals surface area contributed by atoms with E-state index < -0.39 is 11.7 Å². The molecule has 0 aliphatic heterocycles. The maximum atomic E-state index is 13.5. The van der Waals surface area contributed by atoms with Gasteiger partial charge >= 0.3 is 0 Å². The fraction of sp³-hybridized carbons (Fsp3) is 0.333. The van der Waals surface area contributed by atoms with Gasteiger partial charge in [-0.15, -0.1) is 0 Å². The van der Waals surface area contributed by atoms with Gasteiger partial charge in [0.2, 0.25) is 0 Å². The van der Waals surface area contributed by atoms with Crippen molar-refractivity contribution >= 4 is 23.3 Å². The quantitative estimate of drug-likeness (QED) is 0.335. The molecule has 1 aromatic rings. The minimum atomic E-state index is -0.652. The molecule has 0 bridgehead atoms. The largest absolute Gasteiger partial charge is 0.409 e. The molecule has 0 aliphatic rings. The second-order valence-electron chi connectivity index (χ2n) is 4.00. The van der Waals surface area contributed by atoms with Crippen LogP contribution in [0.15, 0.2) is 23.4 Å². The van der Waals surface area contributed by atoms with Gasteiger partial charge < -0.3 is 16.3 Å². The molecule has 104 valence electrons. The molecule has 1 rings (SSSR count). The van der Waals surface area contributed by atoms with Crippen LogP contribution in [0.2, 0.25) is 5.02 Å². The zero-order chi connectivity index (χ0) is 14.4. The van der Waals surface area contributed by atoms with Gasteiger partial charge in [0.05, 0.1) is 5.56 Å². The fourth-order valence-electron chi connectivity index (χ4n) is 1.53. The number of nitrogens with two attached hydrogens (primary N) is 1. The Bertz CT molecular complexity index is 494. The highest BCUT2D eigenvalue weighted by atomic mass is 35.5. The van der Waals surface area contributed by atoms with E-state index in [2.05, 4.69) is 10.5 Å². The van der Waals surface area contributed by atoms with Crippen molar-refractivity contribution < 1.29 is 14.4 Å². The minimum Gasteiger partial charge on any atom is -0.409 e. The first-order chi connectivity index (χ1) is 8.97. The number of oxime groups is 1. The molecule has 0 radical (unpaired) electrons. The van der Waals surface area contributed by atoms with Crippen molar-refractivity contribution in [1.29, 1.82) is 0 Å². The summed E-state index contributed by atoms with van der Waals surface area (Å²) >= 11 is 5.72. The van der Waals surface area contributed by atoms with Crippen LogP contribution in [0.1, 0.15) is 30.1 Å². The number of hydrogen-bond donors (Lipinski definition) is 3. The van der Waals surface area contributed by atoms with Gasteiger partial charge in [0, 0.05) is 17.5 Å². The molecule has 0 saturated heterocycles. The molecule has 0 spiro atoms. The molecule has 0 aliphatic carbocycles. The monoisotopic (exact) mass is 287 g/mol. The number of hydrogen-bond acceptors (Lipinski definition) is 3. The maximum Gasteiger partial charge on any atom is 0.254 e. The van der Waals surface area contributed by atoms with Crippen LogP contribution in [0.3, 0.4) is 0 Å². The van der Waals surface area contributed by atoms with E-state index in [0.29, 0.717) is 6.42 Å². The van der Waals surface area contributed by atoms with E-state index in [-0.39, 0.29) is 28.9 Å². The molecular formula is C12H15ClFN3O2. The van der Waals surface area contributed by atoms with Crippen molar-refractivity contribution in [3.8, 4) is 0 Å². The van der Waals surface area contributed by atoms with Crippen molar-refractivity contribution in [2.75, 3.05) is 0 Å². The van der Waals surface area contributed by atoms with Gasteiger partial charge in [-0.25, -0.2) is 4.39 Å². The first-order valence-corrected chi connectivity index (χ1v) is 6.08. The lowest BCUT2D eigenvalue weighted by Crippen LogP contribution is -2.37. The van der Waals surface area contributed by atoms with Crippen LogP contribution in [-0.4, -0.2) is 23.0 Å². The van der Waals surface area contributed by atoms with Gasteiger partial charge in [0.15, 0.2) is 0 Å². The van der Waals surface area contributed by atoms with Crippen molar-refractivity contribution in [2.24, 2.45) is 10.9 Å². The molecule has 1 aromatic carbocycles. The summed E-state index contributed by atoms with van der Waals surface area (Å²) in [6.45, 7) is 1.82. The smallest absolute Gasteiger partial charge is 0.254 e. The number of amides is 1. The summed E-state index contributed by atoms with van der Waals surface area (Å²) < 4.78 is 13.5. The van der Waals surface area contributed by atoms with Gasteiger partial charge in [-0.1, -0.05) is 23.7 Å². The molecule has 1 unspecified atom stereocenters. The third-order valence-corrected chi connectivity index (χ3v) is 2.82. The summed E-state index contributed by atoms with van der Waals surface area (Å²) in [5, 5.41) is 14.2. The number of rotatable bonds is 5. The van der Waals surface area contributed by atoms with Gasteiger partial charge in [-0.05, 0) is 24.6 Å². The Morgan fingerprint density at radius 3 is 2.89 bits per heavy atom. The lowest BCUT2D eigenvalue weighted by atomic mass is 10.1. The van der Waals surface area contributed by atoms with Crippen LogP contribution in [-0.2, 0) is 0 Å². The molecule has 7 heteroatoms. The molecule has 0 saturated carbocycles. The summed E-state index contributed by atoms with van der Waals surface area (Å²) in [6, 6.07) is 3.40. The van der Waals surface area contributed by atoms with Crippen LogP contribution in [0.4, 0.5) is 4.39 Å². The Labute approximate surface area is 115 Å². The Morgan fingerprint density at radius 1 is 1.63 bits per heavy atom. The first-order valence-electron chi connectivity index (χ1n) is 5.70. The van der Waals surface area contributed by atoms with Crippen molar-refractivity contribution in [2.45, 2.75) is 25.8 Å². The van der Waals surface area contributed by atoms with Crippen LogP contribution in [0, 0.1) is 5.82 Å². The molecule has 1 amide bonds.